The lowest BCUT2D eigenvalue weighted by atomic mass is 10.1. The summed E-state index contributed by atoms with van der Waals surface area (Å²) in [5.74, 6) is -0.976. The van der Waals surface area contributed by atoms with Gasteiger partial charge in [-0.3, -0.25) is 0 Å². The fourth-order valence-electron chi connectivity index (χ4n) is 2.05. The highest BCUT2D eigenvalue weighted by molar-refractivity contribution is 6.33. The van der Waals surface area contributed by atoms with E-state index in [0.29, 0.717) is 5.02 Å². The molecule has 0 unspecified atom stereocenters. The van der Waals surface area contributed by atoms with E-state index in [2.05, 4.69) is 17.0 Å². The Kier molecular flexibility index (Phi) is 5.01. The smallest absolute Gasteiger partial charge is 0.328 e. The Balaban J connectivity index is 2.15. The van der Waals surface area contributed by atoms with Gasteiger partial charge in [-0.1, -0.05) is 48.0 Å². The van der Waals surface area contributed by atoms with Gasteiger partial charge >= 0.3 is 5.97 Å². The molecule has 2 aromatic carbocycles. The molecule has 0 saturated heterocycles. The molecular weight excluding hydrogens is 286 g/mol. The van der Waals surface area contributed by atoms with Crippen LogP contribution < -0.4 is 4.90 Å². The summed E-state index contributed by atoms with van der Waals surface area (Å²) in [6.07, 6.45) is 2.62. The predicted molar refractivity (Wildman–Crippen MR) is 86.7 cm³/mol. The van der Waals surface area contributed by atoms with Crippen molar-refractivity contribution in [1.29, 1.82) is 0 Å². The van der Waals surface area contributed by atoms with E-state index < -0.39 is 5.97 Å². The molecule has 0 aliphatic carbocycles. The van der Waals surface area contributed by atoms with E-state index in [9.17, 15) is 4.79 Å². The van der Waals surface area contributed by atoms with Crippen molar-refractivity contribution in [3.63, 3.8) is 0 Å². The summed E-state index contributed by atoms with van der Waals surface area (Å²) >= 11 is 6.28. The zero-order valence-corrected chi connectivity index (χ0v) is 12.4. The van der Waals surface area contributed by atoms with Gasteiger partial charge in [-0.25, -0.2) is 4.79 Å². The Morgan fingerprint density at radius 2 is 1.95 bits per heavy atom. The van der Waals surface area contributed by atoms with E-state index >= 15 is 0 Å². The van der Waals surface area contributed by atoms with Crippen molar-refractivity contribution in [2.75, 3.05) is 11.9 Å². The summed E-state index contributed by atoms with van der Waals surface area (Å²) in [6.45, 7) is 0.755. The highest BCUT2D eigenvalue weighted by Crippen LogP contribution is 2.27. The number of aliphatic carboxylic acids is 1. The van der Waals surface area contributed by atoms with Crippen LogP contribution in [0.15, 0.2) is 54.6 Å². The molecular formula is C17H16ClNO2. The number of nitrogens with zero attached hydrogens (tertiary/aromatic N) is 1. The molecule has 2 rings (SSSR count). The molecule has 0 atom stereocenters. The van der Waals surface area contributed by atoms with Crippen LogP contribution in [0.5, 0.6) is 0 Å². The second-order valence-corrected chi connectivity index (χ2v) is 5.13. The van der Waals surface area contributed by atoms with Crippen molar-refractivity contribution in [1.82, 2.24) is 0 Å². The number of halogens is 1. The third-order valence-corrected chi connectivity index (χ3v) is 3.37. The van der Waals surface area contributed by atoms with E-state index in [1.807, 2.05) is 37.4 Å². The second-order valence-electron chi connectivity index (χ2n) is 4.72. The first-order valence-corrected chi connectivity index (χ1v) is 6.89. The van der Waals surface area contributed by atoms with Gasteiger partial charge < -0.3 is 10.0 Å². The molecule has 0 aliphatic rings. The standard InChI is InChI=1S/C17H16ClNO2/c1-19(12-14-5-3-2-4-6-14)16-9-7-13(11-15(16)18)8-10-17(20)21/h2-11H,12H2,1H3,(H,20,21)/b10-8+. The molecule has 0 saturated carbocycles. The van der Waals surface area contributed by atoms with Crippen LogP contribution in [0, 0.1) is 0 Å². The van der Waals surface area contributed by atoms with Crippen LogP contribution in [0.25, 0.3) is 6.08 Å². The Labute approximate surface area is 129 Å². The van der Waals surface area contributed by atoms with Crippen LogP contribution in [0.1, 0.15) is 11.1 Å². The highest BCUT2D eigenvalue weighted by atomic mass is 35.5. The minimum Gasteiger partial charge on any atom is -0.478 e. The number of carboxylic acids is 1. The Morgan fingerprint density at radius 3 is 2.57 bits per heavy atom. The number of carboxylic acid groups (broad SMARTS) is 1. The molecule has 1 N–H and O–H groups in total. The third kappa shape index (κ3) is 4.36. The lowest BCUT2D eigenvalue weighted by Crippen LogP contribution is -2.16. The third-order valence-electron chi connectivity index (χ3n) is 3.06. The SMILES string of the molecule is CN(Cc1ccccc1)c1ccc(/C=C/C(=O)O)cc1Cl. The van der Waals surface area contributed by atoms with Gasteiger partial charge in [0.05, 0.1) is 10.7 Å². The predicted octanol–water partition coefficient (Wildman–Crippen LogP) is 4.07. The fraction of sp³-hybridized carbons (Fsp3) is 0.118. The molecule has 0 spiro atoms. The number of hydrogen-bond acceptors (Lipinski definition) is 2. The van der Waals surface area contributed by atoms with Crippen molar-refractivity contribution in [2.24, 2.45) is 0 Å². The van der Waals surface area contributed by atoms with Gasteiger partial charge in [-0.15, -0.1) is 0 Å². The molecule has 0 bridgehead atoms. The monoisotopic (exact) mass is 301 g/mol. The first-order chi connectivity index (χ1) is 10.1. The molecule has 0 radical (unpaired) electrons. The highest BCUT2D eigenvalue weighted by Gasteiger charge is 2.07. The maximum atomic E-state index is 10.5. The Morgan fingerprint density at radius 1 is 1.24 bits per heavy atom. The lowest BCUT2D eigenvalue weighted by molar-refractivity contribution is -0.131. The minimum absolute atomic E-state index is 0.598. The van der Waals surface area contributed by atoms with Crippen molar-refractivity contribution in [3.05, 3.63) is 70.8 Å². The zero-order chi connectivity index (χ0) is 15.2. The molecule has 4 heteroatoms. The largest absolute Gasteiger partial charge is 0.478 e. The summed E-state index contributed by atoms with van der Waals surface area (Å²) in [4.78, 5) is 12.6. The maximum absolute atomic E-state index is 10.5. The number of carbonyl (C=O) groups is 1. The number of benzene rings is 2. The Hall–Kier alpha value is -2.26. The zero-order valence-electron chi connectivity index (χ0n) is 11.7. The van der Waals surface area contributed by atoms with Gasteiger partial charge in [0.25, 0.3) is 0 Å². The van der Waals surface area contributed by atoms with E-state index in [-0.39, 0.29) is 0 Å². The fourth-order valence-corrected chi connectivity index (χ4v) is 2.38. The number of anilines is 1. The molecule has 0 amide bonds. The molecule has 0 heterocycles. The van der Waals surface area contributed by atoms with Crippen LogP contribution in [0.2, 0.25) is 5.02 Å². The first kappa shape index (κ1) is 15.1. The quantitative estimate of drug-likeness (QED) is 0.846. The lowest BCUT2D eigenvalue weighted by Gasteiger charge is -2.21. The molecule has 0 aliphatic heterocycles. The van der Waals surface area contributed by atoms with Crippen molar-refractivity contribution in [3.8, 4) is 0 Å². The maximum Gasteiger partial charge on any atom is 0.328 e. The number of rotatable bonds is 5. The van der Waals surface area contributed by atoms with Crippen LogP contribution in [-0.2, 0) is 11.3 Å². The normalized spacial score (nSPS) is 10.8. The summed E-state index contributed by atoms with van der Waals surface area (Å²) in [5, 5.41) is 9.22. The summed E-state index contributed by atoms with van der Waals surface area (Å²) < 4.78 is 0. The van der Waals surface area contributed by atoms with Crippen LogP contribution >= 0.6 is 11.6 Å². The van der Waals surface area contributed by atoms with E-state index in [1.54, 1.807) is 6.07 Å². The molecule has 2 aromatic rings. The molecule has 0 fully saturated rings. The first-order valence-electron chi connectivity index (χ1n) is 6.52. The summed E-state index contributed by atoms with van der Waals surface area (Å²) in [7, 11) is 1.97. The van der Waals surface area contributed by atoms with Crippen molar-refractivity contribution < 1.29 is 9.90 Å². The topological polar surface area (TPSA) is 40.5 Å². The molecule has 0 aromatic heterocycles. The number of hydrogen-bond donors (Lipinski definition) is 1. The Bertz CT molecular complexity index is 653. The minimum atomic E-state index is -0.976. The van der Waals surface area contributed by atoms with Gasteiger partial charge in [0.2, 0.25) is 0 Å². The van der Waals surface area contributed by atoms with Crippen molar-refractivity contribution in [2.45, 2.75) is 6.54 Å². The van der Waals surface area contributed by atoms with Gasteiger partial charge in [-0.05, 0) is 29.3 Å². The van der Waals surface area contributed by atoms with Gasteiger partial charge in [0, 0.05) is 19.7 Å². The van der Waals surface area contributed by atoms with Gasteiger partial charge in [-0.2, -0.15) is 0 Å². The average Bonchev–Trinajstić information content (AvgIpc) is 2.46. The van der Waals surface area contributed by atoms with Crippen LogP contribution in [-0.4, -0.2) is 18.1 Å². The molecule has 108 valence electrons. The molecule has 21 heavy (non-hydrogen) atoms. The second kappa shape index (κ2) is 6.95. The van der Waals surface area contributed by atoms with Gasteiger partial charge in [0.15, 0.2) is 0 Å². The van der Waals surface area contributed by atoms with E-state index in [0.717, 1.165) is 23.9 Å². The summed E-state index contributed by atoms with van der Waals surface area (Å²) in [5.41, 5.74) is 2.87. The van der Waals surface area contributed by atoms with Gasteiger partial charge in [0.1, 0.15) is 0 Å². The van der Waals surface area contributed by atoms with Crippen LogP contribution in [0.4, 0.5) is 5.69 Å². The average molecular weight is 302 g/mol. The van der Waals surface area contributed by atoms with Crippen LogP contribution in [0.3, 0.4) is 0 Å². The summed E-state index contributed by atoms with van der Waals surface area (Å²) in [6, 6.07) is 15.6. The molecule has 3 nitrogen and oxygen atoms in total. The van der Waals surface area contributed by atoms with E-state index in [4.69, 9.17) is 16.7 Å². The van der Waals surface area contributed by atoms with E-state index in [1.165, 1.54) is 11.6 Å². The van der Waals surface area contributed by atoms with Crippen molar-refractivity contribution >= 4 is 29.3 Å².